The molecule has 2 aromatic rings. The largest absolute Gasteiger partial charge is 0.418 e. The Morgan fingerprint density at radius 2 is 1.73 bits per heavy atom. The molecule has 0 bridgehead atoms. The van der Waals surface area contributed by atoms with Gasteiger partial charge in [-0.15, -0.1) is 0 Å². The van der Waals surface area contributed by atoms with E-state index in [1.165, 1.54) is 10.6 Å². The second-order valence-corrected chi connectivity index (χ2v) is 10.4. The summed E-state index contributed by atoms with van der Waals surface area (Å²) >= 11 is 0. The van der Waals surface area contributed by atoms with Crippen molar-refractivity contribution in [3.63, 3.8) is 0 Å². The SMILES string of the molecule is CC(C)S(=O)(=O)NC1CCC(CNc2ccc(-n3cccc3)c(C(F)(F)F)c2)CC1. The number of alkyl halides is 3. The summed E-state index contributed by atoms with van der Waals surface area (Å²) in [5.74, 6) is 0.295. The molecule has 1 aliphatic carbocycles. The fourth-order valence-corrected chi connectivity index (χ4v) is 4.68. The smallest absolute Gasteiger partial charge is 0.385 e. The predicted octanol–water partition coefficient (Wildman–Crippen LogP) is 4.79. The number of aromatic nitrogens is 1. The number of rotatable bonds is 7. The molecule has 0 unspecified atom stereocenters. The first-order valence-corrected chi connectivity index (χ1v) is 11.7. The van der Waals surface area contributed by atoms with E-state index >= 15 is 0 Å². The number of nitrogens with one attached hydrogen (secondary N) is 2. The van der Waals surface area contributed by atoms with Gasteiger partial charge in [-0.1, -0.05) is 0 Å². The summed E-state index contributed by atoms with van der Waals surface area (Å²) in [4.78, 5) is 0. The van der Waals surface area contributed by atoms with Crippen LogP contribution in [0.25, 0.3) is 5.69 Å². The molecule has 1 aromatic carbocycles. The van der Waals surface area contributed by atoms with E-state index < -0.39 is 27.0 Å². The number of nitrogens with zero attached hydrogens (tertiary/aromatic N) is 1. The van der Waals surface area contributed by atoms with Crippen molar-refractivity contribution in [1.82, 2.24) is 9.29 Å². The molecule has 0 spiro atoms. The molecule has 0 atom stereocenters. The number of sulfonamides is 1. The van der Waals surface area contributed by atoms with Gasteiger partial charge in [0.1, 0.15) is 0 Å². The van der Waals surface area contributed by atoms with Gasteiger partial charge < -0.3 is 9.88 Å². The van der Waals surface area contributed by atoms with E-state index in [1.54, 1.807) is 44.4 Å². The minimum atomic E-state index is -4.46. The average molecular weight is 444 g/mol. The van der Waals surface area contributed by atoms with Gasteiger partial charge in [0.05, 0.1) is 16.5 Å². The predicted molar refractivity (Wildman–Crippen MR) is 112 cm³/mol. The molecule has 0 amide bonds. The first kappa shape index (κ1) is 22.7. The molecule has 30 heavy (non-hydrogen) atoms. The highest BCUT2D eigenvalue weighted by Gasteiger charge is 2.34. The van der Waals surface area contributed by atoms with Crippen LogP contribution in [0.3, 0.4) is 0 Å². The molecular formula is C21H28F3N3O2S. The van der Waals surface area contributed by atoms with Crippen molar-refractivity contribution in [2.24, 2.45) is 5.92 Å². The molecule has 9 heteroatoms. The lowest BCUT2D eigenvalue weighted by Gasteiger charge is -2.30. The third kappa shape index (κ3) is 5.57. The van der Waals surface area contributed by atoms with Gasteiger partial charge in [-0.05, 0) is 75.8 Å². The zero-order valence-electron chi connectivity index (χ0n) is 17.1. The lowest BCUT2D eigenvalue weighted by atomic mass is 9.86. The van der Waals surface area contributed by atoms with Gasteiger partial charge >= 0.3 is 6.18 Å². The molecule has 1 saturated carbocycles. The van der Waals surface area contributed by atoms with E-state index in [0.717, 1.165) is 31.7 Å². The molecule has 1 heterocycles. The molecule has 0 aliphatic heterocycles. The number of benzene rings is 1. The molecule has 1 aliphatic rings. The molecule has 1 aromatic heterocycles. The van der Waals surface area contributed by atoms with E-state index in [-0.39, 0.29) is 11.7 Å². The Labute approximate surface area is 175 Å². The second-order valence-electron chi connectivity index (χ2n) is 8.13. The standard InChI is InChI=1S/C21H28F3N3O2S/c1-15(2)30(28,29)26-17-7-5-16(6-8-17)14-25-18-9-10-20(27-11-3-4-12-27)19(13-18)21(22,23)24/h3-4,9-13,15-17,25-26H,5-8,14H2,1-2H3. The minimum absolute atomic E-state index is 0.0636. The van der Waals surface area contributed by atoms with Crippen LogP contribution in [0.15, 0.2) is 42.7 Å². The van der Waals surface area contributed by atoms with Crippen LogP contribution in [-0.2, 0) is 16.2 Å². The highest BCUT2D eigenvalue weighted by molar-refractivity contribution is 7.90. The Morgan fingerprint density at radius 3 is 2.30 bits per heavy atom. The average Bonchev–Trinajstić information content (AvgIpc) is 3.21. The van der Waals surface area contributed by atoms with Gasteiger partial charge in [0.15, 0.2) is 0 Å². The quantitative estimate of drug-likeness (QED) is 0.647. The fourth-order valence-electron chi connectivity index (χ4n) is 3.71. The zero-order chi connectivity index (χ0) is 21.9. The molecule has 0 saturated heterocycles. The number of halogens is 3. The Bertz CT molecular complexity index is 933. The van der Waals surface area contributed by atoms with Gasteiger partial charge in [-0.3, -0.25) is 0 Å². The van der Waals surface area contributed by atoms with Crippen LogP contribution in [0.2, 0.25) is 0 Å². The highest BCUT2D eigenvalue weighted by atomic mass is 32.2. The van der Waals surface area contributed by atoms with Crippen molar-refractivity contribution in [2.45, 2.75) is 57.0 Å². The maximum absolute atomic E-state index is 13.6. The number of hydrogen-bond acceptors (Lipinski definition) is 3. The summed E-state index contributed by atoms with van der Waals surface area (Å²) in [5.41, 5.74) is -0.160. The van der Waals surface area contributed by atoms with Crippen molar-refractivity contribution in [3.8, 4) is 5.69 Å². The highest BCUT2D eigenvalue weighted by Crippen LogP contribution is 2.36. The van der Waals surface area contributed by atoms with Crippen molar-refractivity contribution in [3.05, 3.63) is 48.3 Å². The molecule has 5 nitrogen and oxygen atoms in total. The van der Waals surface area contributed by atoms with Crippen LogP contribution >= 0.6 is 0 Å². The Hall–Kier alpha value is -2.00. The van der Waals surface area contributed by atoms with Crippen molar-refractivity contribution >= 4 is 15.7 Å². The Kier molecular flexibility index (Phi) is 6.81. The van der Waals surface area contributed by atoms with Crippen LogP contribution in [0.1, 0.15) is 45.1 Å². The van der Waals surface area contributed by atoms with Gasteiger partial charge in [-0.2, -0.15) is 13.2 Å². The van der Waals surface area contributed by atoms with Crippen molar-refractivity contribution in [1.29, 1.82) is 0 Å². The number of anilines is 1. The molecule has 1 fully saturated rings. The van der Waals surface area contributed by atoms with Crippen LogP contribution in [0.5, 0.6) is 0 Å². The molecule has 0 radical (unpaired) electrons. The van der Waals surface area contributed by atoms with Gasteiger partial charge in [0, 0.05) is 30.7 Å². The molecular weight excluding hydrogens is 415 g/mol. The normalized spacial score (nSPS) is 20.5. The zero-order valence-corrected chi connectivity index (χ0v) is 17.9. The third-order valence-corrected chi connectivity index (χ3v) is 7.48. The monoisotopic (exact) mass is 443 g/mol. The minimum Gasteiger partial charge on any atom is -0.385 e. The van der Waals surface area contributed by atoms with Crippen LogP contribution in [-0.4, -0.2) is 30.8 Å². The van der Waals surface area contributed by atoms with E-state index in [9.17, 15) is 21.6 Å². The Morgan fingerprint density at radius 1 is 1.10 bits per heavy atom. The van der Waals surface area contributed by atoms with E-state index in [2.05, 4.69) is 10.0 Å². The maximum Gasteiger partial charge on any atom is 0.418 e. The second kappa shape index (κ2) is 9.01. The first-order chi connectivity index (χ1) is 14.1. The van der Waals surface area contributed by atoms with E-state index in [0.29, 0.717) is 18.2 Å². The summed E-state index contributed by atoms with van der Waals surface area (Å²) in [6.07, 6.45) is 1.84. The fraction of sp³-hybridized carbons (Fsp3) is 0.524. The van der Waals surface area contributed by atoms with Crippen LogP contribution in [0, 0.1) is 5.92 Å². The van der Waals surface area contributed by atoms with Crippen LogP contribution < -0.4 is 10.0 Å². The maximum atomic E-state index is 13.6. The number of hydrogen-bond donors (Lipinski definition) is 2. The summed E-state index contributed by atoms with van der Waals surface area (Å²) in [7, 11) is -3.29. The summed E-state index contributed by atoms with van der Waals surface area (Å²) in [5, 5.41) is 2.67. The van der Waals surface area contributed by atoms with Crippen molar-refractivity contribution in [2.75, 3.05) is 11.9 Å². The van der Waals surface area contributed by atoms with Crippen LogP contribution in [0.4, 0.5) is 18.9 Å². The molecule has 166 valence electrons. The summed E-state index contributed by atoms with van der Waals surface area (Å²) in [6, 6.07) is 7.59. The van der Waals surface area contributed by atoms with Gasteiger partial charge in [0.2, 0.25) is 10.0 Å². The summed E-state index contributed by atoms with van der Waals surface area (Å²) in [6.45, 7) is 3.85. The molecule has 2 N–H and O–H groups in total. The Balaban J connectivity index is 1.59. The topological polar surface area (TPSA) is 63.1 Å². The lowest BCUT2D eigenvalue weighted by Crippen LogP contribution is -2.41. The third-order valence-electron chi connectivity index (χ3n) is 5.58. The lowest BCUT2D eigenvalue weighted by molar-refractivity contribution is -0.137. The van der Waals surface area contributed by atoms with Gasteiger partial charge in [-0.25, -0.2) is 13.1 Å². The van der Waals surface area contributed by atoms with E-state index in [1.807, 2.05) is 0 Å². The molecule has 3 rings (SSSR count). The first-order valence-electron chi connectivity index (χ1n) is 10.2. The van der Waals surface area contributed by atoms with Gasteiger partial charge in [0.25, 0.3) is 0 Å². The van der Waals surface area contributed by atoms with Crippen molar-refractivity contribution < 1.29 is 21.6 Å². The summed E-state index contributed by atoms with van der Waals surface area (Å²) < 4.78 is 68.9. The van der Waals surface area contributed by atoms with E-state index in [4.69, 9.17) is 0 Å².